The highest BCUT2D eigenvalue weighted by atomic mass is 19.1. The molecule has 1 aromatic carbocycles. The third-order valence-corrected chi connectivity index (χ3v) is 2.59. The Morgan fingerprint density at radius 2 is 2.05 bits per heavy atom. The van der Waals surface area contributed by atoms with Gasteiger partial charge >= 0.3 is 6.01 Å². The van der Waals surface area contributed by atoms with Crippen molar-refractivity contribution in [1.29, 1.82) is 0 Å². The van der Waals surface area contributed by atoms with E-state index in [1.807, 2.05) is 0 Å². The first-order chi connectivity index (χ1) is 10.7. The number of carbonyl (C=O) groups excluding carboxylic acids is 1. The van der Waals surface area contributed by atoms with Crippen molar-refractivity contribution in [2.24, 2.45) is 0 Å². The van der Waals surface area contributed by atoms with Crippen molar-refractivity contribution in [1.82, 2.24) is 10.2 Å². The number of amides is 1. The van der Waals surface area contributed by atoms with Gasteiger partial charge in [0.2, 0.25) is 0 Å². The first-order valence-corrected chi connectivity index (χ1v) is 6.26. The maximum Gasteiger partial charge on any atom is 0.322 e. The molecule has 0 unspecified atom stereocenters. The number of hydrogen-bond donors (Lipinski definition) is 1. The first kappa shape index (κ1) is 13.8. The molecule has 0 atom stereocenters. The van der Waals surface area contributed by atoms with E-state index in [1.165, 1.54) is 30.5 Å². The standard InChI is InChI=1S/C14H10FN3O4/c15-9-3-5-10(6-4-9)21-8-12(19)16-14-18-17-13(22-14)11-2-1-7-20-11/h1-7H,8H2,(H,16,18,19). The molecule has 3 rings (SSSR count). The van der Waals surface area contributed by atoms with Gasteiger partial charge in [-0.25, -0.2) is 4.39 Å². The lowest BCUT2D eigenvalue weighted by Crippen LogP contribution is -2.20. The van der Waals surface area contributed by atoms with E-state index in [4.69, 9.17) is 13.6 Å². The third-order valence-electron chi connectivity index (χ3n) is 2.59. The number of benzene rings is 1. The summed E-state index contributed by atoms with van der Waals surface area (Å²) in [5.74, 6) is 0.0563. The van der Waals surface area contributed by atoms with Crippen LogP contribution in [-0.2, 0) is 4.79 Å². The van der Waals surface area contributed by atoms with Crippen LogP contribution >= 0.6 is 0 Å². The molecule has 0 saturated heterocycles. The molecule has 7 nitrogen and oxygen atoms in total. The van der Waals surface area contributed by atoms with Crippen LogP contribution in [0.2, 0.25) is 0 Å². The summed E-state index contributed by atoms with van der Waals surface area (Å²) in [5.41, 5.74) is 0. The first-order valence-electron chi connectivity index (χ1n) is 6.26. The Kier molecular flexibility index (Phi) is 3.82. The van der Waals surface area contributed by atoms with Crippen molar-refractivity contribution in [2.75, 3.05) is 11.9 Å². The summed E-state index contributed by atoms with van der Waals surface area (Å²) in [6.07, 6.45) is 1.47. The second-order valence-electron chi connectivity index (χ2n) is 4.18. The predicted molar refractivity (Wildman–Crippen MR) is 72.5 cm³/mol. The van der Waals surface area contributed by atoms with E-state index in [0.717, 1.165) is 0 Å². The number of rotatable bonds is 5. The van der Waals surface area contributed by atoms with Crippen LogP contribution in [0.15, 0.2) is 51.5 Å². The SMILES string of the molecule is O=C(COc1ccc(F)cc1)Nc1nnc(-c2ccco2)o1. The van der Waals surface area contributed by atoms with E-state index in [-0.39, 0.29) is 24.3 Å². The smallest absolute Gasteiger partial charge is 0.322 e. The molecule has 8 heteroatoms. The monoisotopic (exact) mass is 303 g/mol. The molecule has 0 radical (unpaired) electrons. The van der Waals surface area contributed by atoms with Gasteiger partial charge in [-0.1, -0.05) is 5.10 Å². The van der Waals surface area contributed by atoms with Crippen LogP contribution in [0.3, 0.4) is 0 Å². The molecule has 22 heavy (non-hydrogen) atoms. The summed E-state index contributed by atoms with van der Waals surface area (Å²) in [6, 6.07) is 8.57. The van der Waals surface area contributed by atoms with Crippen LogP contribution in [0.5, 0.6) is 5.75 Å². The number of anilines is 1. The van der Waals surface area contributed by atoms with E-state index in [9.17, 15) is 9.18 Å². The number of nitrogens with one attached hydrogen (secondary N) is 1. The van der Waals surface area contributed by atoms with E-state index < -0.39 is 5.91 Å². The second kappa shape index (κ2) is 6.08. The Morgan fingerprint density at radius 3 is 2.77 bits per heavy atom. The summed E-state index contributed by atoms with van der Waals surface area (Å²) < 4.78 is 28.2. The van der Waals surface area contributed by atoms with Gasteiger partial charge in [-0.3, -0.25) is 10.1 Å². The fraction of sp³-hybridized carbons (Fsp3) is 0.0714. The van der Waals surface area contributed by atoms with E-state index >= 15 is 0 Å². The minimum Gasteiger partial charge on any atom is -0.484 e. The summed E-state index contributed by atoms with van der Waals surface area (Å²) in [6.45, 7) is -0.274. The van der Waals surface area contributed by atoms with Crippen molar-refractivity contribution < 1.29 is 22.8 Å². The number of aromatic nitrogens is 2. The molecule has 112 valence electrons. The van der Waals surface area contributed by atoms with E-state index in [0.29, 0.717) is 11.5 Å². The maximum atomic E-state index is 12.7. The van der Waals surface area contributed by atoms with Crippen LogP contribution in [0.4, 0.5) is 10.4 Å². The molecule has 0 bridgehead atoms. The Balaban J connectivity index is 1.54. The number of hydrogen-bond acceptors (Lipinski definition) is 6. The number of nitrogens with zero attached hydrogens (tertiary/aromatic N) is 2. The fourth-order valence-electron chi connectivity index (χ4n) is 1.61. The molecule has 1 amide bonds. The molecule has 1 N–H and O–H groups in total. The lowest BCUT2D eigenvalue weighted by Gasteiger charge is -2.04. The van der Waals surface area contributed by atoms with Gasteiger partial charge in [0.05, 0.1) is 6.26 Å². The largest absolute Gasteiger partial charge is 0.484 e. The van der Waals surface area contributed by atoms with Gasteiger partial charge in [-0.15, -0.1) is 5.10 Å². The van der Waals surface area contributed by atoms with Crippen molar-refractivity contribution in [3.8, 4) is 17.4 Å². The number of halogens is 1. The maximum absolute atomic E-state index is 12.7. The van der Waals surface area contributed by atoms with Crippen LogP contribution in [0.25, 0.3) is 11.7 Å². The van der Waals surface area contributed by atoms with Crippen molar-refractivity contribution >= 4 is 11.9 Å². The molecular formula is C14H10FN3O4. The molecule has 0 fully saturated rings. The normalized spacial score (nSPS) is 10.4. The molecular weight excluding hydrogens is 293 g/mol. The Labute approximate surface area is 123 Å². The average molecular weight is 303 g/mol. The summed E-state index contributed by atoms with van der Waals surface area (Å²) >= 11 is 0. The highest BCUT2D eigenvalue weighted by Crippen LogP contribution is 2.19. The lowest BCUT2D eigenvalue weighted by atomic mass is 10.3. The molecule has 0 spiro atoms. The van der Waals surface area contributed by atoms with Gasteiger partial charge in [0.15, 0.2) is 12.4 Å². The zero-order chi connectivity index (χ0) is 15.4. The zero-order valence-corrected chi connectivity index (χ0v) is 11.2. The summed E-state index contributed by atoms with van der Waals surface area (Å²) in [4.78, 5) is 11.7. The van der Waals surface area contributed by atoms with Gasteiger partial charge < -0.3 is 13.6 Å². The second-order valence-corrected chi connectivity index (χ2v) is 4.18. The fourth-order valence-corrected chi connectivity index (χ4v) is 1.61. The lowest BCUT2D eigenvalue weighted by molar-refractivity contribution is -0.118. The van der Waals surface area contributed by atoms with Gasteiger partial charge in [0, 0.05) is 0 Å². The number of ether oxygens (including phenoxy) is 1. The highest BCUT2D eigenvalue weighted by Gasteiger charge is 2.13. The van der Waals surface area contributed by atoms with Crippen LogP contribution < -0.4 is 10.1 Å². The molecule has 0 aliphatic rings. The van der Waals surface area contributed by atoms with E-state index in [2.05, 4.69) is 15.5 Å². The van der Waals surface area contributed by atoms with Crippen LogP contribution in [0, 0.1) is 5.82 Å². The van der Waals surface area contributed by atoms with Crippen molar-refractivity contribution in [2.45, 2.75) is 0 Å². The Hall–Kier alpha value is -3.16. The summed E-state index contributed by atoms with van der Waals surface area (Å²) in [7, 11) is 0. The van der Waals surface area contributed by atoms with Gasteiger partial charge in [0.25, 0.3) is 11.8 Å². The Morgan fingerprint density at radius 1 is 1.23 bits per heavy atom. The molecule has 2 heterocycles. The quantitative estimate of drug-likeness (QED) is 0.778. The van der Waals surface area contributed by atoms with Gasteiger partial charge in [-0.2, -0.15) is 0 Å². The number of carbonyl (C=O) groups is 1. The Bertz CT molecular complexity index is 753. The average Bonchev–Trinajstić information content (AvgIpc) is 3.17. The third kappa shape index (κ3) is 3.29. The topological polar surface area (TPSA) is 90.4 Å². The number of furan rings is 1. The zero-order valence-electron chi connectivity index (χ0n) is 11.2. The minimum atomic E-state index is -0.487. The highest BCUT2D eigenvalue weighted by molar-refractivity contribution is 5.89. The van der Waals surface area contributed by atoms with E-state index in [1.54, 1.807) is 12.1 Å². The summed E-state index contributed by atoms with van der Waals surface area (Å²) in [5, 5.41) is 9.78. The molecule has 0 aliphatic heterocycles. The minimum absolute atomic E-state index is 0.0703. The van der Waals surface area contributed by atoms with Crippen LogP contribution in [-0.4, -0.2) is 22.7 Å². The van der Waals surface area contributed by atoms with Crippen molar-refractivity contribution in [3.63, 3.8) is 0 Å². The van der Waals surface area contributed by atoms with Crippen molar-refractivity contribution in [3.05, 3.63) is 48.5 Å². The molecule has 0 aliphatic carbocycles. The van der Waals surface area contributed by atoms with Crippen LogP contribution in [0.1, 0.15) is 0 Å². The predicted octanol–water partition coefficient (Wildman–Crippen LogP) is 2.49. The van der Waals surface area contributed by atoms with Gasteiger partial charge in [0.1, 0.15) is 11.6 Å². The van der Waals surface area contributed by atoms with Gasteiger partial charge in [-0.05, 0) is 36.4 Å². The molecule has 2 aromatic heterocycles. The molecule has 3 aromatic rings. The molecule has 0 saturated carbocycles.